The summed E-state index contributed by atoms with van der Waals surface area (Å²) in [5, 5.41) is 12.8. The molecule has 0 aliphatic rings. The molecule has 1 amide bonds. The van der Waals surface area contributed by atoms with Crippen molar-refractivity contribution in [1.82, 2.24) is 5.01 Å². The molecule has 17 heavy (non-hydrogen) atoms. The van der Waals surface area contributed by atoms with Crippen molar-refractivity contribution in [3.63, 3.8) is 0 Å². The minimum Gasteiger partial charge on any atom is -0.464 e. The lowest BCUT2D eigenvalue weighted by Crippen LogP contribution is -2.24. The highest BCUT2D eigenvalue weighted by atomic mass is 79.9. The summed E-state index contributed by atoms with van der Waals surface area (Å²) in [4.78, 5) is 10.5. The Hall–Kier alpha value is -1.34. The summed E-state index contributed by atoms with van der Waals surface area (Å²) in [6.45, 7) is 0. The maximum Gasteiger partial charge on any atom is 0.427 e. The number of halogens is 3. The van der Waals surface area contributed by atoms with Crippen LogP contribution in [0.5, 0.6) is 0 Å². The number of amidine groups is 1. The van der Waals surface area contributed by atoms with Gasteiger partial charge in [0, 0.05) is 12.6 Å². The van der Waals surface area contributed by atoms with Gasteiger partial charge in [0.25, 0.3) is 0 Å². The maximum absolute atomic E-state index is 13.1. The third kappa shape index (κ3) is 4.20. The third-order valence-electron chi connectivity index (χ3n) is 1.75. The molecular weight excluding hydrogens is 316 g/mol. The van der Waals surface area contributed by atoms with Crippen LogP contribution in [0.1, 0.15) is 5.56 Å². The molecular formula is C9H10BrClFN3O2. The van der Waals surface area contributed by atoms with Crippen LogP contribution in [0.4, 0.5) is 9.18 Å². The number of nitrogens with two attached hydrogens (primary N) is 1. The van der Waals surface area contributed by atoms with Gasteiger partial charge >= 0.3 is 6.09 Å². The molecule has 0 atom stereocenters. The van der Waals surface area contributed by atoms with E-state index in [-0.39, 0.29) is 18.2 Å². The van der Waals surface area contributed by atoms with Gasteiger partial charge in [0.05, 0.1) is 4.47 Å². The Kier molecular flexibility index (Phi) is 5.90. The first kappa shape index (κ1) is 15.7. The molecule has 0 fully saturated rings. The van der Waals surface area contributed by atoms with Gasteiger partial charge in [-0.25, -0.2) is 9.18 Å². The zero-order valence-electron chi connectivity index (χ0n) is 8.72. The molecule has 0 saturated heterocycles. The van der Waals surface area contributed by atoms with Gasteiger partial charge in [0.1, 0.15) is 5.82 Å². The van der Waals surface area contributed by atoms with Gasteiger partial charge in [0.15, 0.2) is 5.84 Å². The van der Waals surface area contributed by atoms with Gasteiger partial charge in [-0.05, 0) is 34.1 Å². The van der Waals surface area contributed by atoms with E-state index < -0.39 is 11.9 Å². The maximum atomic E-state index is 13.1. The summed E-state index contributed by atoms with van der Waals surface area (Å²) in [5.74, 6) is -0.565. The van der Waals surface area contributed by atoms with Crippen LogP contribution in [0.15, 0.2) is 27.8 Å². The molecule has 0 aliphatic carbocycles. The minimum atomic E-state index is -1.25. The predicted octanol–water partition coefficient (Wildman–Crippen LogP) is 2.24. The zero-order valence-corrected chi connectivity index (χ0v) is 11.1. The molecule has 94 valence electrons. The molecule has 0 bridgehead atoms. The van der Waals surface area contributed by atoms with Crippen molar-refractivity contribution in [3.05, 3.63) is 34.1 Å². The number of hydrogen-bond acceptors (Lipinski definition) is 2. The minimum absolute atomic E-state index is 0. The topological polar surface area (TPSA) is 78.9 Å². The molecule has 0 spiro atoms. The lowest BCUT2D eigenvalue weighted by molar-refractivity contribution is 0.157. The number of carboxylic acid groups (broad SMARTS) is 1. The Morgan fingerprint density at radius 3 is 2.65 bits per heavy atom. The SMILES string of the molecule is CN(N=C(N)c1ccc(Br)c(F)c1)C(=O)O.Cl. The number of hydrogen-bond donors (Lipinski definition) is 2. The average molecular weight is 327 g/mol. The summed E-state index contributed by atoms with van der Waals surface area (Å²) in [6, 6.07) is 4.16. The highest BCUT2D eigenvalue weighted by molar-refractivity contribution is 9.10. The Bertz CT molecular complexity index is 456. The lowest BCUT2D eigenvalue weighted by atomic mass is 10.2. The molecule has 1 aromatic rings. The Morgan fingerprint density at radius 2 is 2.18 bits per heavy atom. The number of rotatable bonds is 2. The van der Waals surface area contributed by atoms with Crippen LogP contribution in [-0.4, -0.2) is 29.1 Å². The molecule has 5 nitrogen and oxygen atoms in total. The zero-order chi connectivity index (χ0) is 12.3. The standard InChI is InChI=1S/C9H9BrFN3O2.ClH/c1-14(9(15)16)13-8(12)5-2-3-6(10)7(11)4-5;/h2-4H,1H3,(H2,12,13)(H,15,16);1H. The fourth-order valence-corrected chi connectivity index (χ4v) is 1.16. The summed E-state index contributed by atoms with van der Waals surface area (Å²) >= 11 is 2.99. The van der Waals surface area contributed by atoms with Crippen molar-refractivity contribution in [1.29, 1.82) is 0 Å². The first-order valence-electron chi connectivity index (χ1n) is 4.18. The monoisotopic (exact) mass is 325 g/mol. The summed E-state index contributed by atoms with van der Waals surface area (Å²) in [5.41, 5.74) is 5.83. The summed E-state index contributed by atoms with van der Waals surface area (Å²) < 4.78 is 13.4. The molecule has 0 aliphatic heterocycles. The average Bonchev–Trinajstić information content (AvgIpc) is 2.21. The van der Waals surface area contributed by atoms with Gasteiger partial charge in [-0.3, -0.25) is 0 Å². The number of carbonyl (C=O) groups is 1. The van der Waals surface area contributed by atoms with Crippen molar-refractivity contribution >= 4 is 40.3 Å². The smallest absolute Gasteiger partial charge is 0.427 e. The molecule has 3 N–H and O–H groups in total. The van der Waals surface area contributed by atoms with Crippen LogP contribution in [-0.2, 0) is 0 Å². The number of amides is 1. The summed E-state index contributed by atoms with van der Waals surface area (Å²) in [7, 11) is 1.23. The second-order valence-corrected chi connectivity index (χ2v) is 3.77. The fraction of sp³-hybridized carbons (Fsp3) is 0.111. The molecule has 8 heteroatoms. The predicted molar refractivity (Wildman–Crippen MR) is 67.9 cm³/mol. The van der Waals surface area contributed by atoms with Crippen LogP contribution >= 0.6 is 28.3 Å². The van der Waals surface area contributed by atoms with Gasteiger partial charge in [-0.2, -0.15) is 5.01 Å². The fourth-order valence-electron chi connectivity index (χ4n) is 0.918. The van der Waals surface area contributed by atoms with E-state index >= 15 is 0 Å². The van der Waals surface area contributed by atoms with Crippen molar-refractivity contribution in [2.75, 3.05) is 7.05 Å². The molecule has 0 saturated carbocycles. The molecule has 1 rings (SSSR count). The van der Waals surface area contributed by atoms with Crippen LogP contribution in [0.25, 0.3) is 0 Å². The number of hydrazone groups is 1. The first-order chi connectivity index (χ1) is 7.41. The van der Waals surface area contributed by atoms with E-state index in [1.165, 1.54) is 25.2 Å². The Labute approximate surface area is 112 Å². The van der Waals surface area contributed by atoms with Crippen molar-refractivity contribution < 1.29 is 14.3 Å². The van der Waals surface area contributed by atoms with Crippen molar-refractivity contribution in [3.8, 4) is 0 Å². The highest BCUT2D eigenvalue weighted by Crippen LogP contribution is 2.16. The third-order valence-corrected chi connectivity index (χ3v) is 2.39. The molecule has 0 heterocycles. The van der Waals surface area contributed by atoms with Gasteiger partial charge in [-0.15, -0.1) is 17.5 Å². The first-order valence-corrected chi connectivity index (χ1v) is 4.97. The normalized spacial score (nSPS) is 10.6. The Morgan fingerprint density at radius 1 is 1.59 bits per heavy atom. The van der Waals surface area contributed by atoms with Gasteiger partial charge in [0.2, 0.25) is 0 Å². The second-order valence-electron chi connectivity index (χ2n) is 2.92. The van der Waals surface area contributed by atoms with Crippen LogP contribution < -0.4 is 5.73 Å². The van der Waals surface area contributed by atoms with E-state index in [4.69, 9.17) is 10.8 Å². The van der Waals surface area contributed by atoms with Gasteiger partial charge in [-0.1, -0.05) is 0 Å². The number of benzene rings is 1. The van der Waals surface area contributed by atoms with Crippen LogP contribution in [0, 0.1) is 5.82 Å². The van der Waals surface area contributed by atoms with Crippen molar-refractivity contribution in [2.24, 2.45) is 10.8 Å². The molecule has 0 radical (unpaired) electrons. The van der Waals surface area contributed by atoms with E-state index in [1.807, 2.05) is 0 Å². The molecule has 0 unspecified atom stereocenters. The van der Waals surface area contributed by atoms with Crippen molar-refractivity contribution in [2.45, 2.75) is 0 Å². The van der Waals surface area contributed by atoms with Gasteiger partial charge < -0.3 is 10.8 Å². The number of nitrogens with zero attached hydrogens (tertiary/aromatic N) is 2. The Balaban J connectivity index is 0.00000256. The van der Waals surface area contributed by atoms with E-state index in [0.29, 0.717) is 15.0 Å². The van der Waals surface area contributed by atoms with E-state index in [0.717, 1.165) is 0 Å². The highest BCUT2D eigenvalue weighted by Gasteiger charge is 2.07. The quantitative estimate of drug-likeness (QED) is 0.497. The van der Waals surface area contributed by atoms with Crippen LogP contribution in [0.3, 0.4) is 0 Å². The largest absolute Gasteiger partial charge is 0.464 e. The molecule has 0 aromatic heterocycles. The molecule has 1 aromatic carbocycles. The lowest BCUT2D eigenvalue weighted by Gasteiger charge is -2.08. The second kappa shape index (κ2) is 6.41. The summed E-state index contributed by atoms with van der Waals surface area (Å²) in [6.07, 6.45) is -1.25. The van der Waals surface area contributed by atoms with E-state index in [2.05, 4.69) is 21.0 Å². The van der Waals surface area contributed by atoms with E-state index in [1.54, 1.807) is 0 Å². The van der Waals surface area contributed by atoms with Crippen LogP contribution in [0.2, 0.25) is 0 Å². The van der Waals surface area contributed by atoms with E-state index in [9.17, 15) is 9.18 Å².